The lowest BCUT2D eigenvalue weighted by Gasteiger charge is -1.97. The Bertz CT molecular complexity index is 705. The van der Waals surface area contributed by atoms with Crippen molar-refractivity contribution in [2.45, 2.75) is 17.8 Å². The molecule has 0 bridgehead atoms. The van der Waals surface area contributed by atoms with E-state index in [0.29, 0.717) is 5.75 Å². The van der Waals surface area contributed by atoms with Crippen LogP contribution in [0, 0.1) is 12.7 Å². The van der Waals surface area contributed by atoms with Gasteiger partial charge in [-0.1, -0.05) is 16.9 Å². The van der Waals surface area contributed by atoms with Crippen LogP contribution in [0.2, 0.25) is 0 Å². The first-order valence-corrected chi connectivity index (χ1v) is 7.05. The summed E-state index contributed by atoms with van der Waals surface area (Å²) in [5, 5.41) is 4.72. The quantitative estimate of drug-likeness (QED) is 0.742. The normalized spacial score (nSPS) is 10.9. The maximum absolute atomic E-state index is 12.9. The number of nitrogens with zero attached hydrogens (tertiary/aromatic N) is 2. The largest absolute Gasteiger partial charge is 0.361 e. The minimum absolute atomic E-state index is 0.246. The minimum Gasteiger partial charge on any atom is -0.361 e. The van der Waals surface area contributed by atoms with Crippen LogP contribution in [-0.4, -0.2) is 15.1 Å². The number of halogens is 1. The van der Waals surface area contributed by atoms with Crippen molar-refractivity contribution in [3.63, 3.8) is 0 Å². The van der Waals surface area contributed by atoms with Gasteiger partial charge in [-0.2, -0.15) is 0 Å². The molecule has 0 spiro atoms. The first-order chi connectivity index (χ1) is 9.70. The Hall–Kier alpha value is -2.08. The molecule has 0 saturated carbocycles. The smallest absolute Gasteiger partial charge is 0.166 e. The first-order valence-electron chi connectivity index (χ1n) is 6.06. The van der Waals surface area contributed by atoms with Gasteiger partial charge in [0.15, 0.2) is 5.16 Å². The molecule has 102 valence electrons. The Labute approximate surface area is 119 Å². The summed E-state index contributed by atoms with van der Waals surface area (Å²) in [4.78, 5) is 7.49. The van der Waals surface area contributed by atoms with Gasteiger partial charge in [0.2, 0.25) is 0 Å². The lowest BCUT2D eigenvalue weighted by Crippen LogP contribution is -1.82. The number of thioether (sulfide) groups is 1. The maximum atomic E-state index is 12.9. The van der Waals surface area contributed by atoms with Gasteiger partial charge >= 0.3 is 0 Å². The molecule has 1 N–H and O–H groups in total. The van der Waals surface area contributed by atoms with Gasteiger partial charge in [0.05, 0.1) is 17.6 Å². The van der Waals surface area contributed by atoms with Gasteiger partial charge < -0.3 is 9.51 Å². The van der Waals surface area contributed by atoms with Crippen LogP contribution < -0.4 is 0 Å². The zero-order chi connectivity index (χ0) is 13.9. The lowest BCUT2D eigenvalue weighted by atomic mass is 10.2. The number of aromatic nitrogens is 3. The molecule has 2 aromatic heterocycles. The molecule has 0 aliphatic rings. The minimum atomic E-state index is -0.246. The number of aromatic amines is 1. The summed E-state index contributed by atoms with van der Waals surface area (Å²) in [6, 6.07) is 8.20. The molecule has 3 aromatic rings. The number of rotatable bonds is 4. The monoisotopic (exact) mass is 289 g/mol. The highest BCUT2D eigenvalue weighted by molar-refractivity contribution is 7.98. The van der Waals surface area contributed by atoms with Crippen molar-refractivity contribution in [1.82, 2.24) is 15.1 Å². The predicted octanol–water partition coefficient (Wildman–Crippen LogP) is 3.80. The number of aryl methyl sites for hydroxylation is 1. The summed E-state index contributed by atoms with van der Waals surface area (Å²) < 4.78 is 17.9. The fourth-order valence-corrected chi connectivity index (χ4v) is 2.51. The third-order valence-corrected chi connectivity index (χ3v) is 3.66. The molecule has 0 aliphatic carbocycles. The van der Waals surface area contributed by atoms with Gasteiger partial charge in [-0.3, -0.25) is 0 Å². The van der Waals surface area contributed by atoms with Gasteiger partial charge in [-0.15, -0.1) is 0 Å². The summed E-state index contributed by atoms with van der Waals surface area (Å²) in [6.07, 6.45) is 1.74. The Morgan fingerprint density at radius 2 is 2.10 bits per heavy atom. The van der Waals surface area contributed by atoms with Crippen molar-refractivity contribution in [2.75, 3.05) is 0 Å². The molecule has 0 amide bonds. The molecule has 6 heteroatoms. The maximum Gasteiger partial charge on any atom is 0.166 e. The third kappa shape index (κ3) is 2.91. The van der Waals surface area contributed by atoms with Crippen LogP contribution in [-0.2, 0) is 5.75 Å². The second-order valence-electron chi connectivity index (χ2n) is 4.33. The van der Waals surface area contributed by atoms with Crippen molar-refractivity contribution >= 4 is 11.8 Å². The molecule has 20 heavy (non-hydrogen) atoms. The zero-order valence-corrected chi connectivity index (χ0v) is 11.6. The molecule has 0 saturated heterocycles. The summed E-state index contributed by atoms with van der Waals surface area (Å²) in [6.45, 7) is 1.86. The first kappa shape index (κ1) is 12.9. The zero-order valence-electron chi connectivity index (χ0n) is 10.8. The van der Waals surface area contributed by atoms with Crippen molar-refractivity contribution in [3.05, 3.63) is 53.8 Å². The van der Waals surface area contributed by atoms with E-state index in [9.17, 15) is 4.39 Å². The molecule has 0 radical (unpaired) electrons. The standard InChI is InChI=1S/C14H12FN3OS/c1-9-6-12(18-19-9)8-20-14-16-7-13(17-14)10-2-4-11(15)5-3-10/h2-7H,8H2,1H3,(H,16,17). The van der Waals surface area contributed by atoms with E-state index in [1.807, 2.05) is 13.0 Å². The van der Waals surface area contributed by atoms with Gasteiger partial charge in [0, 0.05) is 11.8 Å². The number of imidazole rings is 1. The van der Waals surface area contributed by atoms with E-state index in [-0.39, 0.29) is 5.82 Å². The molecule has 3 rings (SSSR count). The van der Waals surface area contributed by atoms with E-state index in [1.165, 1.54) is 12.1 Å². The average Bonchev–Trinajstić information content (AvgIpc) is 3.06. The number of benzene rings is 1. The van der Waals surface area contributed by atoms with E-state index in [2.05, 4.69) is 15.1 Å². The highest BCUT2D eigenvalue weighted by Crippen LogP contribution is 2.24. The number of H-pyrrole nitrogens is 1. The van der Waals surface area contributed by atoms with Crippen molar-refractivity contribution < 1.29 is 8.91 Å². The third-order valence-electron chi connectivity index (χ3n) is 2.74. The molecule has 1 aromatic carbocycles. The van der Waals surface area contributed by atoms with Crippen LogP contribution in [0.15, 0.2) is 46.2 Å². The highest BCUT2D eigenvalue weighted by atomic mass is 32.2. The lowest BCUT2D eigenvalue weighted by molar-refractivity contribution is 0.393. The SMILES string of the molecule is Cc1cc(CSc2ncc(-c3ccc(F)cc3)[nH]2)no1. The molecule has 0 atom stereocenters. The number of nitrogens with one attached hydrogen (secondary N) is 1. The highest BCUT2D eigenvalue weighted by Gasteiger charge is 2.06. The van der Waals surface area contributed by atoms with E-state index < -0.39 is 0 Å². The summed E-state index contributed by atoms with van der Waals surface area (Å²) in [5.41, 5.74) is 2.65. The second kappa shape index (κ2) is 5.50. The molecule has 0 aliphatic heterocycles. The second-order valence-corrected chi connectivity index (χ2v) is 5.29. The van der Waals surface area contributed by atoms with Gasteiger partial charge in [-0.25, -0.2) is 9.37 Å². The number of hydrogen-bond donors (Lipinski definition) is 1. The average molecular weight is 289 g/mol. The molecule has 0 fully saturated rings. The Balaban J connectivity index is 1.69. The number of hydrogen-bond acceptors (Lipinski definition) is 4. The van der Waals surface area contributed by atoms with Crippen LogP contribution in [0.4, 0.5) is 4.39 Å². The van der Waals surface area contributed by atoms with E-state index in [4.69, 9.17) is 4.52 Å². The summed E-state index contributed by atoms with van der Waals surface area (Å²) >= 11 is 1.54. The van der Waals surface area contributed by atoms with Crippen LogP contribution >= 0.6 is 11.8 Å². The Kier molecular flexibility index (Phi) is 3.56. The molecular weight excluding hydrogens is 277 g/mol. The molecule has 4 nitrogen and oxygen atoms in total. The fourth-order valence-electron chi connectivity index (χ4n) is 1.78. The van der Waals surface area contributed by atoms with Crippen LogP contribution in [0.3, 0.4) is 0 Å². The van der Waals surface area contributed by atoms with Crippen molar-refractivity contribution in [3.8, 4) is 11.3 Å². The Morgan fingerprint density at radius 1 is 1.30 bits per heavy atom. The van der Waals surface area contributed by atoms with E-state index >= 15 is 0 Å². The van der Waals surface area contributed by atoms with E-state index in [1.54, 1.807) is 30.1 Å². The molecule has 2 heterocycles. The van der Waals surface area contributed by atoms with E-state index in [0.717, 1.165) is 27.9 Å². The summed E-state index contributed by atoms with van der Waals surface area (Å²) in [5.74, 6) is 1.24. The Morgan fingerprint density at radius 3 is 2.80 bits per heavy atom. The van der Waals surface area contributed by atoms with Crippen LogP contribution in [0.1, 0.15) is 11.5 Å². The van der Waals surface area contributed by atoms with Crippen molar-refractivity contribution in [1.29, 1.82) is 0 Å². The van der Waals surface area contributed by atoms with Gasteiger partial charge in [-0.05, 0) is 36.8 Å². The molecular formula is C14H12FN3OS. The van der Waals surface area contributed by atoms with Gasteiger partial charge in [0.1, 0.15) is 11.6 Å². The topological polar surface area (TPSA) is 54.7 Å². The van der Waals surface area contributed by atoms with Crippen molar-refractivity contribution in [2.24, 2.45) is 0 Å². The summed E-state index contributed by atoms with van der Waals surface area (Å²) in [7, 11) is 0. The predicted molar refractivity (Wildman–Crippen MR) is 74.8 cm³/mol. The van der Waals surface area contributed by atoms with Crippen LogP contribution in [0.25, 0.3) is 11.3 Å². The fraction of sp³-hybridized carbons (Fsp3) is 0.143. The van der Waals surface area contributed by atoms with Gasteiger partial charge in [0.25, 0.3) is 0 Å². The molecule has 0 unspecified atom stereocenters. The van der Waals surface area contributed by atoms with Crippen LogP contribution in [0.5, 0.6) is 0 Å².